The molecule has 5 atom stereocenters. The lowest BCUT2D eigenvalue weighted by atomic mass is 10.0. The van der Waals surface area contributed by atoms with Gasteiger partial charge in [0.05, 0.1) is 26.4 Å². The van der Waals surface area contributed by atoms with Crippen LogP contribution in [0.2, 0.25) is 0 Å². The third-order valence-corrected chi connectivity index (χ3v) is 19.1. The van der Waals surface area contributed by atoms with Gasteiger partial charge in [0.25, 0.3) is 0 Å². The Bertz CT molecular complexity index is 1800. The van der Waals surface area contributed by atoms with E-state index in [4.69, 9.17) is 37.0 Å². The molecule has 0 aliphatic rings. The average Bonchev–Trinajstić information content (AvgIpc) is 1.75. The molecule has 0 saturated carbocycles. The van der Waals surface area contributed by atoms with Crippen molar-refractivity contribution in [3.63, 3.8) is 0 Å². The molecule has 0 aromatic rings. The number of aliphatic hydroxyl groups excluding tert-OH is 1. The van der Waals surface area contributed by atoms with Crippen LogP contribution in [0, 0.1) is 11.8 Å². The van der Waals surface area contributed by atoms with E-state index < -0.39 is 97.5 Å². The number of phosphoric ester groups is 2. The summed E-state index contributed by atoms with van der Waals surface area (Å²) in [6.07, 6.45) is 52.7. The van der Waals surface area contributed by atoms with Crippen molar-refractivity contribution >= 4 is 39.5 Å². The highest BCUT2D eigenvalue weighted by Crippen LogP contribution is 2.45. The Hall–Kier alpha value is -1.94. The Morgan fingerprint density at radius 3 is 0.731 bits per heavy atom. The molecule has 0 aliphatic carbocycles. The summed E-state index contributed by atoms with van der Waals surface area (Å²) in [7, 11) is -9.90. The van der Waals surface area contributed by atoms with Crippen molar-refractivity contribution < 1.29 is 80.2 Å². The van der Waals surface area contributed by atoms with Crippen LogP contribution in [-0.4, -0.2) is 96.7 Å². The van der Waals surface area contributed by atoms with Gasteiger partial charge in [-0.15, -0.1) is 0 Å². The van der Waals surface area contributed by atoms with Crippen LogP contribution in [0.25, 0.3) is 0 Å². The van der Waals surface area contributed by atoms with Crippen LogP contribution in [0.15, 0.2) is 0 Å². The summed E-state index contributed by atoms with van der Waals surface area (Å²) in [5, 5.41) is 10.6. The number of esters is 4. The fourth-order valence-corrected chi connectivity index (χ4v) is 12.9. The van der Waals surface area contributed by atoms with E-state index >= 15 is 0 Å². The molecule has 0 aromatic heterocycles. The zero-order valence-electron chi connectivity index (χ0n) is 60.6. The molecule has 19 heteroatoms. The number of hydrogen-bond donors (Lipinski definition) is 3. The minimum atomic E-state index is -4.95. The van der Waals surface area contributed by atoms with Gasteiger partial charge in [0.2, 0.25) is 0 Å². The third-order valence-electron chi connectivity index (χ3n) is 17.2. The lowest BCUT2D eigenvalue weighted by Gasteiger charge is -2.21. The summed E-state index contributed by atoms with van der Waals surface area (Å²) in [5.74, 6) is -0.591. The minimum Gasteiger partial charge on any atom is -0.462 e. The van der Waals surface area contributed by atoms with E-state index in [9.17, 15) is 43.2 Å². The fraction of sp³-hybridized carbons (Fsp3) is 0.946. The quantitative estimate of drug-likeness (QED) is 0.0222. The molecule has 0 aliphatic heterocycles. The van der Waals surface area contributed by atoms with Crippen molar-refractivity contribution in [2.75, 3.05) is 39.6 Å². The van der Waals surface area contributed by atoms with Gasteiger partial charge in [-0.1, -0.05) is 330 Å². The van der Waals surface area contributed by atoms with E-state index in [1.807, 2.05) is 0 Å². The number of aliphatic hydroxyl groups is 1. The molecule has 93 heavy (non-hydrogen) atoms. The van der Waals surface area contributed by atoms with Crippen LogP contribution in [0.3, 0.4) is 0 Å². The second-order valence-corrected chi connectivity index (χ2v) is 30.5. The molecular formula is C74H144O17P2. The first-order valence-electron chi connectivity index (χ1n) is 38.5. The Kier molecular flexibility index (Phi) is 64.6. The number of phosphoric acid groups is 2. The van der Waals surface area contributed by atoms with Gasteiger partial charge >= 0.3 is 39.5 Å². The van der Waals surface area contributed by atoms with Crippen molar-refractivity contribution in [2.24, 2.45) is 11.8 Å². The zero-order chi connectivity index (χ0) is 68.6. The standard InChI is InChI=1S/C74H144O17P2/c1-7-9-11-13-15-17-19-24-28-32-39-45-51-57-72(77)85-62-69(90-73(78)58-52-46-40-33-29-26-23-21-20-22-25-27-30-36-42-48-54-66(3)4)64-88-92(80,81)86-60-68(75)61-87-93(82,83)89-65-70(63-84-71(76)56-50-44-38-31-18-16-14-12-10-8-2)91-74(79)59-53-47-41-35-34-37-43-49-55-67(5)6/h66-70,75H,7-65H2,1-6H3,(H,80,81)(H,82,83)/t68-,69-,70-/m1/s1. The molecule has 3 N–H and O–H groups in total. The molecular weight excluding hydrogens is 1220 g/mol. The van der Waals surface area contributed by atoms with Crippen LogP contribution < -0.4 is 0 Å². The highest BCUT2D eigenvalue weighted by atomic mass is 31.2. The molecule has 0 amide bonds. The first-order valence-corrected chi connectivity index (χ1v) is 41.5. The van der Waals surface area contributed by atoms with Crippen LogP contribution in [0.5, 0.6) is 0 Å². The number of ether oxygens (including phenoxy) is 4. The lowest BCUT2D eigenvalue weighted by Crippen LogP contribution is -2.30. The minimum absolute atomic E-state index is 0.105. The Morgan fingerprint density at radius 2 is 0.495 bits per heavy atom. The number of carbonyl (C=O) groups is 4. The second kappa shape index (κ2) is 66.0. The lowest BCUT2D eigenvalue weighted by molar-refractivity contribution is -0.161. The van der Waals surface area contributed by atoms with E-state index in [1.54, 1.807) is 0 Å². The normalized spacial score (nSPS) is 14.1. The molecule has 0 bridgehead atoms. The van der Waals surface area contributed by atoms with E-state index in [0.29, 0.717) is 25.7 Å². The van der Waals surface area contributed by atoms with Crippen molar-refractivity contribution in [2.45, 2.75) is 400 Å². The number of hydrogen-bond acceptors (Lipinski definition) is 15. The highest BCUT2D eigenvalue weighted by molar-refractivity contribution is 7.47. The van der Waals surface area contributed by atoms with E-state index in [2.05, 4.69) is 41.5 Å². The summed E-state index contributed by atoms with van der Waals surface area (Å²) < 4.78 is 68.4. The largest absolute Gasteiger partial charge is 0.472 e. The van der Waals surface area contributed by atoms with Crippen LogP contribution in [-0.2, 0) is 65.4 Å². The van der Waals surface area contributed by atoms with Gasteiger partial charge in [-0.05, 0) is 37.5 Å². The molecule has 0 spiro atoms. The maximum absolute atomic E-state index is 13.1. The molecule has 0 radical (unpaired) electrons. The van der Waals surface area contributed by atoms with Gasteiger partial charge in [0, 0.05) is 25.7 Å². The Morgan fingerprint density at radius 1 is 0.290 bits per heavy atom. The molecule has 0 rings (SSSR count). The van der Waals surface area contributed by atoms with Crippen molar-refractivity contribution in [3.05, 3.63) is 0 Å². The summed E-state index contributed by atoms with van der Waals surface area (Å²) in [6, 6.07) is 0. The molecule has 0 saturated heterocycles. The predicted octanol–water partition coefficient (Wildman–Crippen LogP) is 21.6. The summed E-state index contributed by atoms with van der Waals surface area (Å²) >= 11 is 0. The first kappa shape index (κ1) is 91.1. The van der Waals surface area contributed by atoms with E-state index in [0.717, 1.165) is 102 Å². The monoisotopic (exact) mass is 1370 g/mol. The summed E-state index contributed by atoms with van der Waals surface area (Å²) in [5.41, 5.74) is 0. The SMILES string of the molecule is CCCCCCCCCCCCCCCC(=O)OC[C@H](COP(=O)(O)OC[C@@H](O)COP(=O)(O)OC[C@@H](COC(=O)CCCCCCCCCCCC)OC(=O)CCCCCCCCCCC(C)C)OC(=O)CCCCCCCCCCCCCCCCCCC(C)C. The summed E-state index contributed by atoms with van der Waals surface area (Å²) in [4.78, 5) is 72.7. The van der Waals surface area contributed by atoms with Gasteiger partial charge < -0.3 is 33.8 Å². The first-order chi connectivity index (χ1) is 44.9. The molecule has 0 fully saturated rings. The zero-order valence-corrected chi connectivity index (χ0v) is 62.3. The van der Waals surface area contributed by atoms with Gasteiger partial charge in [-0.25, -0.2) is 9.13 Å². The number of unbranched alkanes of at least 4 members (excludes halogenated alkanes) is 43. The third kappa shape index (κ3) is 68.4. The summed E-state index contributed by atoms with van der Waals surface area (Å²) in [6.45, 7) is 9.56. The van der Waals surface area contributed by atoms with Crippen molar-refractivity contribution in [3.8, 4) is 0 Å². The van der Waals surface area contributed by atoms with E-state index in [-0.39, 0.29) is 25.7 Å². The van der Waals surface area contributed by atoms with Gasteiger partial charge in [0.15, 0.2) is 12.2 Å². The molecule has 17 nitrogen and oxygen atoms in total. The van der Waals surface area contributed by atoms with Crippen LogP contribution >= 0.6 is 15.6 Å². The van der Waals surface area contributed by atoms with Crippen LogP contribution in [0.4, 0.5) is 0 Å². The fourth-order valence-electron chi connectivity index (χ4n) is 11.3. The van der Waals surface area contributed by atoms with Crippen LogP contribution in [0.1, 0.15) is 382 Å². The molecule has 552 valence electrons. The maximum Gasteiger partial charge on any atom is 0.472 e. The van der Waals surface area contributed by atoms with Gasteiger partial charge in [-0.3, -0.25) is 37.3 Å². The molecule has 0 heterocycles. The number of carbonyl (C=O) groups excluding carboxylic acids is 4. The average molecular weight is 1370 g/mol. The van der Waals surface area contributed by atoms with Gasteiger partial charge in [0.1, 0.15) is 19.3 Å². The van der Waals surface area contributed by atoms with Crippen molar-refractivity contribution in [1.29, 1.82) is 0 Å². The molecule has 0 aromatic carbocycles. The smallest absolute Gasteiger partial charge is 0.462 e. The Labute approximate surface area is 568 Å². The van der Waals surface area contributed by atoms with E-state index in [1.165, 1.54) is 199 Å². The Balaban J connectivity index is 5.22. The topological polar surface area (TPSA) is 237 Å². The maximum atomic E-state index is 13.1. The second-order valence-electron chi connectivity index (χ2n) is 27.6. The van der Waals surface area contributed by atoms with Crippen molar-refractivity contribution in [1.82, 2.24) is 0 Å². The van der Waals surface area contributed by atoms with Gasteiger partial charge in [-0.2, -0.15) is 0 Å². The highest BCUT2D eigenvalue weighted by Gasteiger charge is 2.30. The molecule has 2 unspecified atom stereocenters. The predicted molar refractivity (Wildman–Crippen MR) is 377 cm³/mol. The number of rotatable bonds is 73.